The number of nitrogens with one attached hydrogen (secondary N) is 2. The lowest BCUT2D eigenvalue weighted by molar-refractivity contribution is -0.142. The third-order valence-corrected chi connectivity index (χ3v) is 5.46. The monoisotopic (exact) mass is 472 g/mol. The van der Waals surface area contributed by atoms with Crippen LogP contribution in [0, 0.1) is 31.1 Å². The lowest BCUT2D eigenvalue weighted by atomic mass is 9.94. The van der Waals surface area contributed by atoms with Crippen molar-refractivity contribution in [2.75, 3.05) is 13.1 Å². The number of benzene rings is 1. The highest BCUT2D eigenvalue weighted by Gasteiger charge is 2.38. The minimum absolute atomic E-state index is 0.302. The second-order valence-corrected chi connectivity index (χ2v) is 9.83. The van der Waals surface area contributed by atoms with Gasteiger partial charge in [-0.2, -0.15) is 5.26 Å². The zero-order valence-electron chi connectivity index (χ0n) is 21.8. The zero-order valence-corrected chi connectivity index (χ0v) is 21.8. The molecule has 8 heteroatoms. The average molecular weight is 473 g/mol. The van der Waals surface area contributed by atoms with E-state index in [1.807, 2.05) is 39.0 Å². The second kappa shape index (κ2) is 13.0. The fourth-order valence-corrected chi connectivity index (χ4v) is 3.51. The third-order valence-electron chi connectivity index (χ3n) is 5.46. The maximum absolute atomic E-state index is 13.7. The fraction of sp³-hybridized carbons (Fsp3) is 0.615. The van der Waals surface area contributed by atoms with Gasteiger partial charge in [0.25, 0.3) is 0 Å². The number of unbranched alkanes of at least 4 members (excludes halogenated alkanes) is 1. The first-order valence-corrected chi connectivity index (χ1v) is 11.8. The van der Waals surface area contributed by atoms with Gasteiger partial charge in [0.05, 0.1) is 6.07 Å². The molecule has 0 radical (unpaired) electrons. The first-order valence-electron chi connectivity index (χ1n) is 11.8. The molecule has 2 unspecified atom stereocenters. The number of rotatable bonds is 10. The summed E-state index contributed by atoms with van der Waals surface area (Å²) in [6.07, 6.45) is 0.976. The average Bonchev–Trinajstić information content (AvgIpc) is 2.72. The molecule has 0 aromatic heterocycles. The van der Waals surface area contributed by atoms with Crippen LogP contribution in [0.3, 0.4) is 0 Å². The largest absolute Gasteiger partial charge is 0.444 e. The van der Waals surface area contributed by atoms with Crippen LogP contribution in [-0.4, -0.2) is 47.5 Å². The molecular weight excluding hydrogens is 432 g/mol. The third kappa shape index (κ3) is 8.36. The molecule has 2 N–H and O–H groups in total. The van der Waals surface area contributed by atoms with E-state index in [2.05, 4.69) is 10.6 Å². The van der Waals surface area contributed by atoms with Crippen molar-refractivity contribution in [2.24, 2.45) is 5.92 Å². The van der Waals surface area contributed by atoms with Crippen molar-refractivity contribution in [3.8, 4) is 6.07 Å². The predicted molar refractivity (Wildman–Crippen MR) is 132 cm³/mol. The minimum Gasteiger partial charge on any atom is -0.444 e. The van der Waals surface area contributed by atoms with Crippen molar-refractivity contribution in [3.63, 3.8) is 0 Å². The highest BCUT2D eigenvalue weighted by atomic mass is 16.6. The lowest BCUT2D eigenvalue weighted by Gasteiger charge is -2.34. The van der Waals surface area contributed by atoms with Gasteiger partial charge in [0, 0.05) is 6.54 Å². The normalized spacial score (nSPS) is 12.9. The summed E-state index contributed by atoms with van der Waals surface area (Å²) in [5.41, 5.74) is 1.76. The number of aryl methyl sites for hydroxylation is 1. The Labute approximate surface area is 204 Å². The molecule has 34 heavy (non-hydrogen) atoms. The Balaban J connectivity index is 3.45. The van der Waals surface area contributed by atoms with E-state index in [-0.39, 0.29) is 18.4 Å². The topological polar surface area (TPSA) is 112 Å². The van der Waals surface area contributed by atoms with Crippen molar-refractivity contribution in [3.05, 3.63) is 34.9 Å². The summed E-state index contributed by atoms with van der Waals surface area (Å²) < 4.78 is 5.34. The van der Waals surface area contributed by atoms with E-state index in [9.17, 15) is 19.6 Å². The Morgan fingerprint density at radius 1 is 1.18 bits per heavy atom. The number of ether oxygens (including phenoxy) is 1. The Morgan fingerprint density at radius 3 is 2.35 bits per heavy atom. The second-order valence-electron chi connectivity index (χ2n) is 9.83. The number of carbonyl (C=O) groups is 3. The number of amides is 3. The summed E-state index contributed by atoms with van der Waals surface area (Å²) >= 11 is 0. The molecule has 8 nitrogen and oxygen atoms in total. The van der Waals surface area contributed by atoms with Gasteiger partial charge >= 0.3 is 6.09 Å². The molecule has 188 valence electrons. The highest BCUT2D eigenvalue weighted by Crippen LogP contribution is 2.28. The van der Waals surface area contributed by atoms with Crippen molar-refractivity contribution >= 4 is 17.9 Å². The predicted octanol–water partition coefficient (Wildman–Crippen LogP) is 4.16. The number of hydrogen-bond donors (Lipinski definition) is 2. The maximum atomic E-state index is 13.7. The molecule has 2 atom stereocenters. The number of hydrogen-bond acceptors (Lipinski definition) is 5. The van der Waals surface area contributed by atoms with Crippen molar-refractivity contribution in [1.29, 1.82) is 5.26 Å². The smallest absolute Gasteiger partial charge is 0.408 e. The molecule has 1 aromatic carbocycles. The molecule has 1 aromatic rings. The van der Waals surface area contributed by atoms with Gasteiger partial charge in [-0.25, -0.2) is 4.79 Å². The molecule has 0 aliphatic rings. The van der Waals surface area contributed by atoms with Crippen LogP contribution in [0.25, 0.3) is 0 Å². The van der Waals surface area contributed by atoms with Crippen LogP contribution in [0.2, 0.25) is 0 Å². The minimum atomic E-state index is -1.01. The van der Waals surface area contributed by atoms with Crippen LogP contribution < -0.4 is 10.6 Å². The molecule has 0 fully saturated rings. The molecule has 0 aliphatic heterocycles. The van der Waals surface area contributed by atoms with Gasteiger partial charge < -0.3 is 20.3 Å². The molecule has 0 bridgehead atoms. The fourth-order valence-electron chi connectivity index (χ4n) is 3.51. The molecular formula is C26H40N4O4. The van der Waals surface area contributed by atoms with Crippen molar-refractivity contribution in [2.45, 2.75) is 85.9 Å². The SMILES string of the molecule is CCCCNC(=O)C(c1cccc(C)c1C)N(CC#N)C(=O)C(NC(=O)OC(C)(C)C)C(C)C. The first kappa shape index (κ1) is 29.0. The molecule has 3 amide bonds. The van der Waals surface area contributed by atoms with Gasteiger partial charge in [-0.15, -0.1) is 0 Å². The van der Waals surface area contributed by atoms with E-state index in [1.54, 1.807) is 40.7 Å². The Bertz CT molecular complexity index is 899. The van der Waals surface area contributed by atoms with E-state index in [4.69, 9.17) is 4.74 Å². The quantitative estimate of drug-likeness (QED) is 0.392. The highest BCUT2D eigenvalue weighted by molar-refractivity contribution is 5.92. The summed E-state index contributed by atoms with van der Waals surface area (Å²) in [7, 11) is 0. The van der Waals surface area contributed by atoms with Crippen LogP contribution in [0.15, 0.2) is 18.2 Å². The van der Waals surface area contributed by atoms with Gasteiger partial charge in [-0.3, -0.25) is 9.59 Å². The molecule has 0 saturated carbocycles. The van der Waals surface area contributed by atoms with E-state index in [1.165, 1.54) is 4.90 Å². The first-order chi connectivity index (χ1) is 15.8. The van der Waals surface area contributed by atoms with Crippen molar-refractivity contribution < 1.29 is 19.1 Å². The molecule has 0 spiro atoms. The van der Waals surface area contributed by atoms with E-state index in [0.717, 1.165) is 24.0 Å². The van der Waals surface area contributed by atoms with Gasteiger partial charge in [-0.05, 0) is 63.6 Å². The van der Waals surface area contributed by atoms with Crippen LogP contribution in [-0.2, 0) is 14.3 Å². The van der Waals surface area contributed by atoms with Gasteiger partial charge in [-0.1, -0.05) is 45.4 Å². The summed E-state index contributed by atoms with van der Waals surface area (Å²) in [4.78, 5) is 40.8. The van der Waals surface area contributed by atoms with Crippen molar-refractivity contribution in [1.82, 2.24) is 15.5 Å². The summed E-state index contributed by atoms with van der Waals surface area (Å²) in [6.45, 7) is 14.8. The van der Waals surface area contributed by atoms with Gasteiger partial charge in [0.2, 0.25) is 11.8 Å². The zero-order chi connectivity index (χ0) is 26.1. The molecule has 0 heterocycles. The summed E-state index contributed by atoms with van der Waals surface area (Å²) in [5, 5.41) is 15.1. The van der Waals surface area contributed by atoms with Gasteiger partial charge in [0.1, 0.15) is 24.2 Å². The van der Waals surface area contributed by atoms with Gasteiger partial charge in [0.15, 0.2) is 0 Å². The van der Waals surface area contributed by atoms with E-state index in [0.29, 0.717) is 12.1 Å². The Morgan fingerprint density at radius 2 is 1.82 bits per heavy atom. The summed E-state index contributed by atoms with van der Waals surface area (Å²) in [5.74, 6) is -1.17. The Kier molecular flexibility index (Phi) is 11.0. The molecule has 0 saturated heterocycles. The number of nitrogens with zero attached hydrogens (tertiary/aromatic N) is 2. The molecule has 0 aliphatic carbocycles. The Hall–Kier alpha value is -3.08. The van der Waals surface area contributed by atoms with Crippen LogP contribution >= 0.6 is 0 Å². The van der Waals surface area contributed by atoms with Crippen LogP contribution in [0.5, 0.6) is 0 Å². The number of alkyl carbamates (subject to hydrolysis) is 1. The number of nitriles is 1. The number of carbonyl (C=O) groups excluding carboxylic acids is 3. The lowest BCUT2D eigenvalue weighted by Crippen LogP contribution is -2.55. The van der Waals surface area contributed by atoms with Crippen LogP contribution in [0.4, 0.5) is 4.79 Å². The van der Waals surface area contributed by atoms with E-state index < -0.39 is 29.7 Å². The maximum Gasteiger partial charge on any atom is 0.408 e. The molecule has 1 rings (SSSR count). The van der Waals surface area contributed by atoms with Crippen LogP contribution in [0.1, 0.15) is 77.1 Å². The summed E-state index contributed by atoms with van der Waals surface area (Å²) in [6, 6.07) is 5.61. The van der Waals surface area contributed by atoms with E-state index >= 15 is 0 Å². The standard InChI is InChI=1S/C26H40N4O4/c1-9-10-15-28-23(31)22(20-13-11-12-18(4)19(20)5)30(16-14-27)24(32)21(17(2)3)29-25(33)34-26(6,7)8/h11-13,17,21-22H,9-10,15-16H2,1-8H3,(H,28,31)(H,29,33).